The second-order valence-corrected chi connectivity index (χ2v) is 2.78. The smallest absolute Gasteiger partial charge is 0.252 e. The molecule has 1 heterocycles. The van der Waals surface area contributed by atoms with Gasteiger partial charge in [-0.25, -0.2) is 8.78 Å². The molecule has 0 saturated heterocycles. The number of halogens is 2. The van der Waals surface area contributed by atoms with E-state index < -0.39 is 11.6 Å². The number of anilines is 1. The van der Waals surface area contributed by atoms with Gasteiger partial charge in [0.15, 0.2) is 17.5 Å². The van der Waals surface area contributed by atoms with Crippen LogP contribution in [0.2, 0.25) is 0 Å². The summed E-state index contributed by atoms with van der Waals surface area (Å²) in [6.45, 7) is 3.76. The first kappa shape index (κ1) is 11.4. The number of nitrogens with one attached hydrogen (secondary N) is 1. The molecule has 1 aromatic heterocycles. The van der Waals surface area contributed by atoms with E-state index in [1.807, 2.05) is 0 Å². The van der Waals surface area contributed by atoms with E-state index in [1.165, 1.54) is 7.05 Å². The van der Waals surface area contributed by atoms with Gasteiger partial charge in [-0.3, -0.25) is 0 Å². The summed E-state index contributed by atoms with van der Waals surface area (Å²) in [6, 6.07) is 0.738. The van der Waals surface area contributed by atoms with Crippen molar-refractivity contribution in [3.05, 3.63) is 30.4 Å². The SMILES string of the molecule is C=CCCOc1nc(NC)c(F)cc1F. The zero-order valence-corrected chi connectivity index (χ0v) is 8.39. The van der Waals surface area contributed by atoms with Crippen molar-refractivity contribution in [1.29, 1.82) is 0 Å². The molecule has 0 fully saturated rings. The highest BCUT2D eigenvalue weighted by Crippen LogP contribution is 2.20. The Bertz CT molecular complexity index is 356. The van der Waals surface area contributed by atoms with E-state index in [1.54, 1.807) is 6.08 Å². The number of pyridine rings is 1. The van der Waals surface area contributed by atoms with Gasteiger partial charge in [0.25, 0.3) is 5.88 Å². The molecule has 3 nitrogen and oxygen atoms in total. The van der Waals surface area contributed by atoms with Crippen molar-refractivity contribution >= 4 is 5.82 Å². The summed E-state index contributed by atoms with van der Waals surface area (Å²) in [4.78, 5) is 3.64. The molecule has 82 valence electrons. The van der Waals surface area contributed by atoms with Crippen LogP contribution < -0.4 is 10.1 Å². The minimum Gasteiger partial charge on any atom is -0.475 e. The van der Waals surface area contributed by atoms with Crippen LogP contribution in [-0.4, -0.2) is 18.6 Å². The molecule has 0 aliphatic rings. The molecule has 1 aromatic rings. The fourth-order valence-corrected chi connectivity index (χ4v) is 0.965. The van der Waals surface area contributed by atoms with Crippen molar-refractivity contribution in [3.63, 3.8) is 0 Å². The molecule has 1 N–H and O–H groups in total. The molecule has 0 aliphatic heterocycles. The largest absolute Gasteiger partial charge is 0.475 e. The lowest BCUT2D eigenvalue weighted by Crippen LogP contribution is -2.04. The monoisotopic (exact) mass is 214 g/mol. The third kappa shape index (κ3) is 2.90. The molecule has 0 saturated carbocycles. The lowest BCUT2D eigenvalue weighted by Gasteiger charge is -2.07. The summed E-state index contributed by atoms with van der Waals surface area (Å²) < 4.78 is 31.1. The van der Waals surface area contributed by atoms with Gasteiger partial charge in [0.05, 0.1) is 6.61 Å². The molecule has 0 bridgehead atoms. The second-order valence-electron chi connectivity index (χ2n) is 2.78. The van der Waals surface area contributed by atoms with E-state index in [0.717, 1.165) is 6.07 Å². The Kier molecular flexibility index (Phi) is 4.03. The molecule has 0 aromatic carbocycles. The lowest BCUT2D eigenvalue weighted by atomic mass is 10.4. The number of ether oxygens (including phenoxy) is 1. The highest BCUT2D eigenvalue weighted by atomic mass is 19.1. The maximum atomic E-state index is 13.1. The third-order valence-electron chi connectivity index (χ3n) is 1.69. The molecule has 0 unspecified atom stereocenters. The first-order valence-corrected chi connectivity index (χ1v) is 4.46. The Labute approximate surface area is 86.8 Å². The Morgan fingerprint density at radius 1 is 1.53 bits per heavy atom. The molecule has 0 aliphatic carbocycles. The third-order valence-corrected chi connectivity index (χ3v) is 1.69. The Morgan fingerprint density at radius 2 is 2.27 bits per heavy atom. The van der Waals surface area contributed by atoms with Crippen molar-refractivity contribution in [1.82, 2.24) is 4.98 Å². The zero-order chi connectivity index (χ0) is 11.3. The van der Waals surface area contributed by atoms with Crippen molar-refractivity contribution in [2.45, 2.75) is 6.42 Å². The molecule has 1 rings (SSSR count). The summed E-state index contributed by atoms with van der Waals surface area (Å²) in [5, 5.41) is 2.50. The summed E-state index contributed by atoms with van der Waals surface area (Å²) in [6.07, 6.45) is 2.22. The van der Waals surface area contributed by atoms with Gasteiger partial charge < -0.3 is 10.1 Å². The van der Waals surface area contributed by atoms with Crippen LogP contribution in [0.1, 0.15) is 6.42 Å². The predicted octanol–water partition coefficient (Wildman–Crippen LogP) is 2.36. The van der Waals surface area contributed by atoms with Crippen LogP contribution in [0, 0.1) is 11.6 Å². The lowest BCUT2D eigenvalue weighted by molar-refractivity contribution is 0.293. The standard InChI is InChI=1S/C10H12F2N2O/c1-3-4-5-15-10-8(12)6-7(11)9(13-2)14-10/h3,6H,1,4-5H2,2H3,(H,13,14). The molecule has 5 heteroatoms. The van der Waals surface area contributed by atoms with Crippen molar-refractivity contribution in [3.8, 4) is 5.88 Å². The van der Waals surface area contributed by atoms with E-state index in [9.17, 15) is 8.78 Å². The van der Waals surface area contributed by atoms with Crippen molar-refractivity contribution in [2.75, 3.05) is 19.0 Å². The Balaban J connectivity index is 2.82. The Hall–Kier alpha value is -1.65. The summed E-state index contributed by atoms with van der Waals surface area (Å²) in [5.74, 6) is -1.80. The summed E-state index contributed by atoms with van der Waals surface area (Å²) in [7, 11) is 1.50. The number of nitrogens with zero attached hydrogens (tertiary/aromatic N) is 1. The molecule has 0 spiro atoms. The minimum atomic E-state index is -0.810. The van der Waals surface area contributed by atoms with Crippen LogP contribution in [-0.2, 0) is 0 Å². The summed E-state index contributed by atoms with van der Waals surface area (Å²) in [5.41, 5.74) is 0. The van der Waals surface area contributed by atoms with Gasteiger partial charge in [-0.15, -0.1) is 6.58 Å². The van der Waals surface area contributed by atoms with Crippen LogP contribution >= 0.6 is 0 Å². The average Bonchev–Trinajstić information content (AvgIpc) is 2.21. The van der Waals surface area contributed by atoms with E-state index in [2.05, 4.69) is 16.9 Å². The normalized spacial score (nSPS) is 9.80. The number of rotatable bonds is 5. The van der Waals surface area contributed by atoms with Crippen LogP contribution in [0.25, 0.3) is 0 Å². The van der Waals surface area contributed by atoms with Crippen LogP contribution in [0.3, 0.4) is 0 Å². The van der Waals surface area contributed by atoms with Crippen LogP contribution in [0.15, 0.2) is 18.7 Å². The number of hydrogen-bond acceptors (Lipinski definition) is 3. The van der Waals surface area contributed by atoms with Gasteiger partial charge in [0, 0.05) is 13.1 Å². The number of hydrogen-bond donors (Lipinski definition) is 1. The fourth-order valence-electron chi connectivity index (χ4n) is 0.965. The molecule has 0 amide bonds. The van der Waals surface area contributed by atoms with E-state index in [0.29, 0.717) is 6.42 Å². The van der Waals surface area contributed by atoms with E-state index >= 15 is 0 Å². The highest BCUT2D eigenvalue weighted by Gasteiger charge is 2.11. The maximum Gasteiger partial charge on any atom is 0.252 e. The quantitative estimate of drug-likeness (QED) is 0.603. The van der Waals surface area contributed by atoms with Gasteiger partial charge in [0.1, 0.15) is 0 Å². The topological polar surface area (TPSA) is 34.1 Å². The van der Waals surface area contributed by atoms with E-state index in [-0.39, 0.29) is 18.3 Å². The van der Waals surface area contributed by atoms with E-state index in [4.69, 9.17) is 4.74 Å². The van der Waals surface area contributed by atoms with Crippen LogP contribution in [0.4, 0.5) is 14.6 Å². The van der Waals surface area contributed by atoms with Gasteiger partial charge in [-0.2, -0.15) is 4.98 Å². The molecule has 15 heavy (non-hydrogen) atoms. The van der Waals surface area contributed by atoms with Crippen molar-refractivity contribution in [2.24, 2.45) is 0 Å². The molecular formula is C10H12F2N2O. The van der Waals surface area contributed by atoms with Crippen LogP contribution in [0.5, 0.6) is 5.88 Å². The molecular weight excluding hydrogens is 202 g/mol. The van der Waals surface area contributed by atoms with Crippen molar-refractivity contribution < 1.29 is 13.5 Å². The van der Waals surface area contributed by atoms with Gasteiger partial charge >= 0.3 is 0 Å². The average molecular weight is 214 g/mol. The fraction of sp³-hybridized carbons (Fsp3) is 0.300. The maximum absolute atomic E-state index is 13.1. The zero-order valence-electron chi connectivity index (χ0n) is 8.39. The molecule has 0 atom stereocenters. The minimum absolute atomic E-state index is 0.0370. The first-order chi connectivity index (χ1) is 7.19. The van der Waals surface area contributed by atoms with Gasteiger partial charge in [-0.1, -0.05) is 6.08 Å². The predicted molar refractivity (Wildman–Crippen MR) is 54.0 cm³/mol. The Morgan fingerprint density at radius 3 is 2.87 bits per heavy atom. The molecule has 0 radical (unpaired) electrons. The number of aromatic nitrogens is 1. The van der Waals surface area contributed by atoms with Gasteiger partial charge in [0.2, 0.25) is 0 Å². The van der Waals surface area contributed by atoms with Gasteiger partial charge in [-0.05, 0) is 6.42 Å². The second kappa shape index (κ2) is 5.29. The highest BCUT2D eigenvalue weighted by molar-refractivity contribution is 5.38. The first-order valence-electron chi connectivity index (χ1n) is 4.46. The summed E-state index contributed by atoms with van der Waals surface area (Å²) >= 11 is 0.